The van der Waals surface area contributed by atoms with Crippen LogP contribution in [-0.4, -0.2) is 15.2 Å². The summed E-state index contributed by atoms with van der Waals surface area (Å²) in [6.45, 7) is -0.0382. The normalized spacial score (nSPS) is 10.4. The Kier molecular flexibility index (Phi) is 2.47. The van der Waals surface area contributed by atoms with Gasteiger partial charge in [-0.15, -0.1) is 11.3 Å². The van der Waals surface area contributed by atoms with Gasteiger partial charge in [0.05, 0.1) is 12.3 Å². The molecule has 1 aromatic carbocycles. The molecule has 0 aliphatic heterocycles. The number of phenolic OH excluding ortho intramolecular Hbond substituents is 1. The van der Waals surface area contributed by atoms with Gasteiger partial charge in [0, 0.05) is 10.9 Å². The second kappa shape index (κ2) is 3.77. The van der Waals surface area contributed by atoms with Crippen molar-refractivity contribution in [1.82, 2.24) is 4.98 Å². The Morgan fingerprint density at radius 3 is 2.86 bits per heavy atom. The number of hydrogen-bond donors (Lipinski definition) is 2. The van der Waals surface area contributed by atoms with Crippen molar-refractivity contribution in [1.29, 1.82) is 0 Å². The summed E-state index contributed by atoms with van der Waals surface area (Å²) in [4.78, 5) is 4.20. The first-order valence-electron chi connectivity index (χ1n) is 4.14. The van der Waals surface area contributed by atoms with E-state index < -0.39 is 0 Å². The van der Waals surface area contributed by atoms with Crippen molar-refractivity contribution < 1.29 is 10.2 Å². The lowest BCUT2D eigenvalue weighted by atomic mass is 10.2. The van der Waals surface area contributed by atoms with Crippen LogP contribution in [0.1, 0.15) is 5.01 Å². The molecule has 0 aliphatic carbocycles. The number of benzene rings is 1. The van der Waals surface area contributed by atoms with Crippen LogP contribution < -0.4 is 0 Å². The van der Waals surface area contributed by atoms with Crippen LogP contribution in [0.25, 0.3) is 11.3 Å². The molecule has 0 radical (unpaired) electrons. The van der Waals surface area contributed by atoms with Crippen molar-refractivity contribution >= 4 is 11.3 Å². The zero-order chi connectivity index (χ0) is 9.97. The maximum atomic E-state index is 9.26. The van der Waals surface area contributed by atoms with Crippen molar-refractivity contribution in [3.05, 3.63) is 34.7 Å². The molecule has 72 valence electrons. The molecule has 2 rings (SSSR count). The first kappa shape index (κ1) is 9.18. The van der Waals surface area contributed by atoms with Crippen molar-refractivity contribution in [2.75, 3.05) is 0 Å². The van der Waals surface area contributed by atoms with Crippen LogP contribution in [0.3, 0.4) is 0 Å². The maximum absolute atomic E-state index is 9.26. The van der Waals surface area contributed by atoms with Crippen LogP contribution in [0.5, 0.6) is 5.75 Å². The Morgan fingerprint density at radius 1 is 1.36 bits per heavy atom. The summed E-state index contributed by atoms with van der Waals surface area (Å²) in [5.74, 6) is 0.223. The average molecular weight is 207 g/mol. The van der Waals surface area contributed by atoms with Crippen LogP contribution in [-0.2, 0) is 6.61 Å². The molecule has 14 heavy (non-hydrogen) atoms. The fourth-order valence-corrected chi connectivity index (χ4v) is 1.84. The van der Waals surface area contributed by atoms with Crippen LogP contribution in [0.15, 0.2) is 29.6 Å². The Balaban J connectivity index is 2.39. The minimum Gasteiger partial charge on any atom is -0.508 e. The molecule has 0 aliphatic rings. The van der Waals surface area contributed by atoms with Gasteiger partial charge in [0.1, 0.15) is 10.8 Å². The second-order valence-electron chi connectivity index (χ2n) is 2.83. The van der Waals surface area contributed by atoms with Crippen LogP contribution >= 0.6 is 11.3 Å². The van der Waals surface area contributed by atoms with Gasteiger partial charge in [0.2, 0.25) is 0 Å². The van der Waals surface area contributed by atoms with Gasteiger partial charge in [0.25, 0.3) is 0 Å². The molecule has 0 atom stereocenters. The molecular weight excluding hydrogens is 198 g/mol. The second-order valence-corrected chi connectivity index (χ2v) is 3.78. The van der Waals surface area contributed by atoms with E-state index in [2.05, 4.69) is 4.98 Å². The Morgan fingerprint density at radius 2 is 2.21 bits per heavy atom. The first-order valence-corrected chi connectivity index (χ1v) is 5.02. The molecule has 3 nitrogen and oxygen atoms in total. The number of phenols is 1. The SMILES string of the molecule is OCc1nc(-c2cccc(O)c2)cs1. The zero-order valence-electron chi connectivity index (χ0n) is 7.34. The molecule has 2 aromatic rings. The molecule has 0 unspecified atom stereocenters. The lowest BCUT2D eigenvalue weighted by Crippen LogP contribution is -1.81. The highest BCUT2D eigenvalue weighted by atomic mass is 32.1. The van der Waals surface area contributed by atoms with Crippen molar-refractivity contribution in [3.63, 3.8) is 0 Å². The largest absolute Gasteiger partial charge is 0.508 e. The van der Waals surface area contributed by atoms with Gasteiger partial charge in [-0.3, -0.25) is 0 Å². The predicted octanol–water partition coefficient (Wildman–Crippen LogP) is 2.01. The minimum absolute atomic E-state index is 0.0382. The van der Waals surface area contributed by atoms with E-state index >= 15 is 0 Å². The van der Waals surface area contributed by atoms with E-state index in [0.29, 0.717) is 5.01 Å². The third-order valence-corrected chi connectivity index (χ3v) is 2.66. The lowest BCUT2D eigenvalue weighted by Gasteiger charge is -1.96. The molecule has 0 saturated heterocycles. The average Bonchev–Trinajstić information content (AvgIpc) is 2.66. The molecule has 0 fully saturated rings. The number of aromatic hydroxyl groups is 1. The van der Waals surface area contributed by atoms with Gasteiger partial charge in [-0.05, 0) is 12.1 Å². The summed E-state index contributed by atoms with van der Waals surface area (Å²) < 4.78 is 0. The molecule has 2 N–H and O–H groups in total. The Bertz CT molecular complexity index is 439. The van der Waals surface area contributed by atoms with Crippen LogP contribution in [0, 0.1) is 0 Å². The number of hydrogen-bond acceptors (Lipinski definition) is 4. The van der Waals surface area contributed by atoms with Crippen molar-refractivity contribution in [2.45, 2.75) is 6.61 Å². The fraction of sp³-hybridized carbons (Fsp3) is 0.100. The van der Waals surface area contributed by atoms with E-state index in [1.54, 1.807) is 18.2 Å². The van der Waals surface area contributed by atoms with E-state index in [0.717, 1.165) is 11.3 Å². The molecule has 0 spiro atoms. The summed E-state index contributed by atoms with van der Waals surface area (Å²) >= 11 is 1.41. The molecule has 4 heteroatoms. The van der Waals surface area contributed by atoms with Gasteiger partial charge in [-0.25, -0.2) is 4.98 Å². The number of aliphatic hydroxyl groups excluding tert-OH is 1. The number of nitrogens with zero attached hydrogens (tertiary/aromatic N) is 1. The van der Waals surface area contributed by atoms with Gasteiger partial charge < -0.3 is 10.2 Å². The lowest BCUT2D eigenvalue weighted by molar-refractivity contribution is 0.281. The summed E-state index contributed by atoms with van der Waals surface area (Å²) in [5, 5.41) is 20.7. The Labute approximate surface area is 85.3 Å². The van der Waals surface area contributed by atoms with Crippen molar-refractivity contribution in [2.24, 2.45) is 0 Å². The van der Waals surface area contributed by atoms with E-state index in [1.165, 1.54) is 11.3 Å². The van der Waals surface area contributed by atoms with Gasteiger partial charge in [-0.1, -0.05) is 12.1 Å². The summed E-state index contributed by atoms with van der Waals surface area (Å²) in [6, 6.07) is 6.90. The fourth-order valence-electron chi connectivity index (χ4n) is 1.18. The number of rotatable bonds is 2. The number of aromatic nitrogens is 1. The molecule has 0 bridgehead atoms. The quantitative estimate of drug-likeness (QED) is 0.792. The van der Waals surface area contributed by atoms with Gasteiger partial charge >= 0.3 is 0 Å². The zero-order valence-corrected chi connectivity index (χ0v) is 8.16. The topological polar surface area (TPSA) is 53.4 Å². The third kappa shape index (κ3) is 1.76. The third-order valence-electron chi connectivity index (χ3n) is 1.83. The van der Waals surface area contributed by atoms with Gasteiger partial charge in [0.15, 0.2) is 0 Å². The molecule has 1 aromatic heterocycles. The van der Waals surface area contributed by atoms with E-state index in [1.807, 2.05) is 11.4 Å². The maximum Gasteiger partial charge on any atom is 0.119 e. The predicted molar refractivity (Wildman–Crippen MR) is 55.1 cm³/mol. The molecule has 1 heterocycles. The first-order chi connectivity index (χ1) is 6.79. The Hall–Kier alpha value is -1.39. The smallest absolute Gasteiger partial charge is 0.119 e. The minimum atomic E-state index is -0.0382. The van der Waals surface area contributed by atoms with Crippen LogP contribution in [0.2, 0.25) is 0 Å². The van der Waals surface area contributed by atoms with E-state index in [-0.39, 0.29) is 12.4 Å². The standard InChI is InChI=1S/C10H9NO2S/c12-5-10-11-9(6-14-10)7-2-1-3-8(13)4-7/h1-4,6,12-13H,5H2. The molecule has 0 amide bonds. The molecular formula is C10H9NO2S. The number of aliphatic hydroxyl groups is 1. The van der Waals surface area contributed by atoms with Crippen molar-refractivity contribution in [3.8, 4) is 17.0 Å². The highest BCUT2D eigenvalue weighted by molar-refractivity contribution is 7.09. The van der Waals surface area contributed by atoms with E-state index in [9.17, 15) is 5.11 Å². The molecule has 0 saturated carbocycles. The van der Waals surface area contributed by atoms with Gasteiger partial charge in [-0.2, -0.15) is 0 Å². The summed E-state index contributed by atoms with van der Waals surface area (Å²) in [5.41, 5.74) is 1.65. The number of thiazole rings is 1. The van der Waals surface area contributed by atoms with E-state index in [4.69, 9.17) is 5.11 Å². The highest BCUT2D eigenvalue weighted by Crippen LogP contribution is 2.24. The highest BCUT2D eigenvalue weighted by Gasteiger charge is 2.03. The van der Waals surface area contributed by atoms with Crippen LogP contribution in [0.4, 0.5) is 0 Å². The summed E-state index contributed by atoms with van der Waals surface area (Å²) in [6.07, 6.45) is 0. The monoisotopic (exact) mass is 207 g/mol. The summed E-state index contributed by atoms with van der Waals surface area (Å²) in [7, 11) is 0.